The zero-order valence-electron chi connectivity index (χ0n) is 22.5. The van der Waals surface area contributed by atoms with E-state index in [1.54, 1.807) is 25.4 Å². The Balaban J connectivity index is 1.37. The lowest BCUT2D eigenvalue weighted by molar-refractivity contribution is -0.326. The van der Waals surface area contributed by atoms with Crippen molar-refractivity contribution in [3.8, 4) is 11.1 Å². The predicted molar refractivity (Wildman–Crippen MR) is 137 cm³/mol. The van der Waals surface area contributed by atoms with Gasteiger partial charge in [0.15, 0.2) is 5.78 Å². The molecule has 40 heavy (non-hydrogen) atoms. The van der Waals surface area contributed by atoms with Crippen LogP contribution in [0.15, 0.2) is 30.6 Å². The van der Waals surface area contributed by atoms with E-state index in [1.807, 2.05) is 19.1 Å². The Labute approximate surface area is 227 Å². The van der Waals surface area contributed by atoms with Crippen LogP contribution in [0.2, 0.25) is 0 Å². The van der Waals surface area contributed by atoms with Crippen LogP contribution >= 0.6 is 0 Å². The van der Waals surface area contributed by atoms with Gasteiger partial charge in [-0.3, -0.25) is 23.8 Å². The van der Waals surface area contributed by atoms with E-state index >= 15 is 0 Å². The third kappa shape index (κ3) is 5.42. The minimum atomic E-state index is -4.80. The van der Waals surface area contributed by atoms with Crippen LogP contribution in [0.25, 0.3) is 22.0 Å². The first-order valence-corrected chi connectivity index (χ1v) is 12.9. The number of carbonyl (C=O) groups is 3. The highest BCUT2D eigenvalue weighted by atomic mass is 19.4. The van der Waals surface area contributed by atoms with Crippen LogP contribution in [-0.4, -0.2) is 73.3 Å². The molecule has 2 aromatic heterocycles. The summed E-state index contributed by atoms with van der Waals surface area (Å²) in [7, 11) is 0. The van der Waals surface area contributed by atoms with Crippen LogP contribution in [0.1, 0.15) is 49.9 Å². The summed E-state index contributed by atoms with van der Waals surface area (Å²) < 4.78 is 42.5. The summed E-state index contributed by atoms with van der Waals surface area (Å²) in [5.74, 6) is -0.525. The van der Waals surface area contributed by atoms with Crippen LogP contribution < -0.4 is 5.32 Å². The number of rotatable bonds is 8. The summed E-state index contributed by atoms with van der Waals surface area (Å²) in [5, 5.41) is 7.55. The SMILES string of the molecule is CC(=O)c1nn(CC(=O)N2C3C[C@]3(C)C[C@H]2C(=O)N[C@H](C)COC(F)(F)F)c2ccc(-c3cnc(C)nc3)cc12. The Morgan fingerprint density at radius 1 is 1.18 bits per heavy atom. The van der Waals surface area contributed by atoms with Crippen LogP contribution in [-0.2, 0) is 20.9 Å². The van der Waals surface area contributed by atoms with Gasteiger partial charge in [-0.05, 0) is 49.8 Å². The first kappa shape index (κ1) is 27.7. The van der Waals surface area contributed by atoms with E-state index in [9.17, 15) is 27.6 Å². The van der Waals surface area contributed by atoms with Gasteiger partial charge in [0.25, 0.3) is 0 Å². The molecule has 1 aliphatic heterocycles. The van der Waals surface area contributed by atoms with Gasteiger partial charge in [0.1, 0.15) is 24.1 Å². The quantitative estimate of drug-likeness (QED) is 0.421. The second-order valence-corrected chi connectivity index (χ2v) is 10.9. The van der Waals surface area contributed by atoms with Crippen molar-refractivity contribution in [2.45, 2.75) is 71.6 Å². The van der Waals surface area contributed by atoms with Crippen LogP contribution in [0.3, 0.4) is 0 Å². The number of amides is 2. The second-order valence-electron chi connectivity index (χ2n) is 10.9. The molecule has 212 valence electrons. The minimum Gasteiger partial charge on any atom is -0.350 e. The minimum absolute atomic E-state index is 0.153. The van der Waals surface area contributed by atoms with Gasteiger partial charge in [-0.1, -0.05) is 13.0 Å². The monoisotopic (exact) mass is 558 g/mol. The first-order chi connectivity index (χ1) is 18.8. The molecule has 13 heteroatoms. The van der Waals surface area contributed by atoms with Gasteiger partial charge in [0, 0.05) is 42.4 Å². The number of likely N-dealkylation sites (tertiary alicyclic amines) is 1. The molecule has 1 N–H and O–H groups in total. The average molecular weight is 559 g/mol. The average Bonchev–Trinajstić information content (AvgIpc) is 3.24. The van der Waals surface area contributed by atoms with E-state index in [0.717, 1.165) is 17.5 Å². The van der Waals surface area contributed by atoms with Gasteiger partial charge in [0.2, 0.25) is 11.8 Å². The van der Waals surface area contributed by atoms with Crippen molar-refractivity contribution in [2.75, 3.05) is 6.61 Å². The molecule has 10 nitrogen and oxygen atoms in total. The topological polar surface area (TPSA) is 119 Å². The Bertz CT molecular complexity index is 1490. The van der Waals surface area contributed by atoms with Crippen molar-refractivity contribution < 1.29 is 32.3 Å². The zero-order valence-corrected chi connectivity index (χ0v) is 22.5. The number of Topliss-reactive ketones (excluding diaryl/α,β-unsaturated/α-hetero) is 1. The summed E-state index contributed by atoms with van der Waals surface area (Å²) in [5.41, 5.74) is 2.11. The fourth-order valence-electron chi connectivity index (χ4n) is 5.45. The molecule has 3 aromatic rings. The summed E-state index contributed by atoms with van der Waals surface area (Å²) in [6, 6.07) is 3.53. The number of ketones is 1. The number of halogens is 3. The molecule has 3 heterocycles. The number of nitrogens with one attached hydrogen (secondary N) is 1. The van der Waals surface area contributed by atoms with Crippen molar-refractivity contribution in [3.05, 3.63) is 42.1 Å². The molecular formula is C27H29F3N6O4. The van der Waals surface area contributed by atoms with E-state index < -0.39 is 31.0 Å². The lowest BCUT2D eigenvalue weighted by Gasteiger charge is -2.28. The van der Waals surface area contributed by atoms with Gasteiger partial charge in [-0.2, -0.15) is 5.10 Å². The largest absolute Gasteiger partial charge is 0.522 e. The fraction of sp³-hybridized carbons (Fsp3) is 0.481. The van der Waals surface area contributed by atoms with E-state index in [-0.39, 0.29) is 35.4 Å². The maximum absolute atomic E-state index is 13.6. The Morgan fingerprint density at radius 2 is 1.88 bits per heavy atom. The number of aryl methyl sites for hydroxylation is 1. The summed E-state index contributed by atoms with van der Waals surface area (Å²) in [4.78, 5) is 49.0. The number of alkyl halides is 3. The van der Waals surface area contributed by atoms with Gasteiger partial charge in [-0.15, -0.1) is 13.2 Å². The van der Waals surface area contributed by atoms with E-state index in [2.05, 4.69) is 25.1 Å². The molecule has 1 saturated heterocycles. The molecule has 1 aromatic carbocycles. The predicted octanol–water partition coefficient (Wildman–Crippen LogP) is 3.42. The third-order valence-electron chi connectivity index (χ3n) is 7.59. The molecule has 2 aliphatic rings. The van der Waals surface area contributed by atoms with E-state index in [0.29, 0.717) is 23.1 Å². The number of piperidine rings is 1. The van der Waals surface area contributed by atoms with Crippen LogP contribution in [0, 0.1) is 12.3 Å². The molecule has 2 fully saturated rings. The fourth-order valence-corrected chi connectivity index (χ4v) is 5.45. The van der Waals surface area contributed by atoms with Crippen molar-refractivity contribution in [1.29, 1.82) is 0 Å². The first-order valence-electron chi connectivity index (χ1n) is 12.9. The third-order valence-corrected chi connectivity index (χ3v) is 7.59. The molecule has 0 radical (unpaired) electrons. The highest BCUT2D eigenvalue weighted by Crippen LogP contribution is 2.59. The number of hydrogen-bond acceptors (Lipinski definition) is 7. The molecular weight excluding hydrogens is 529 g/mol. The summed E-state index contributed by atoms with van der Waals surface area (Å²) in [6.45, 7) is 5.62. The number of fused-ring (bicyclic) bond motifs is 2. The summed E-state index contributed by atoms with van der Waals surface area (Å²) in [6.07, 6.45) is -0.291. The molecule has 5 rings (SSSR count). The number of nitrogens with zero attached hydrogens (tertiary/aromatic N) is 5. The van der Waals surface area contributed by atoms with Crippen molar-refractivity contribution in [3.63, 3.8) is 0 Å². The molecule has 0 bridgehead atoms. The molecule has 4 atom stereocenters. The van der Waals surface area contributed by atoms with E-state index in [1.165, 1.54) is 23.4 Å². The molecule has 1 saturated carbocycles. The summed E-state index contributed by atoms with van der Waals surface area (Å²) >= 11 is 0. The standard InChI is InChI=1S/C27H29F3N6O4/c1-14(13-40-27(28,29)30)33-25(39)21-8-26(4)9-22(26)36(21)23(38)12-35-20-6-5-17(18-10-31-16(3)32-11-18)7-19(20)24(34-35)15(2)37/h5-7,10-11,14,21-22H,8-9,12-13H2,1-4H3,(H,33,39)/t14-,21+,22?,26+/m1/s1. The number of aromatic nitrogens is 4. The second kappa shape index (κ2) is 9.95. The van der Waals surface area contributed by atoms with Crippen molar-refractivity contribution in [2.24, 2.45) is 5.41 Å². The van der Waals surface area contributed by atoms with Crippen molar-refractivity contribution >= 4 is 28.5 Å². The molecule has 1 aliphatic carbocycles. The molecule has 1 unspecified atom stereocenters. The van der Waals surface area contributed by atoms with E-state index in [4.69, 9.17) is 0 Å². The number of benzene rings is 1. The Hall–Kier alpha value is -3.87. The maximum atomic E-state index is 13.6. The number of ether oxygens (including phenoxy) is 1. The van der Waals surface area contributed by atoms with Gasteiger partial charge in [0.05, 0.1) is 12.1 Å². The Morgan fingerprint density at radius 3 is 2.52 bits per heavy atom. The highest BCUT2D eigenvalue weighted by Gasteiger charge is 2.64. The van der Waals surface area contributed by atoms with Gasteiger partial charge >= 0.3 is 6.36 Å². The van der Waals surface area contributed by atoms with Crippen LogP contribution in [0.4, 0.5) is 13.2 Å². The smallest absolute Gasteiger partial charge is 0.350 e. The van der Waals surface area contributed by atoms with Gasteiger partial charge in [-0.25, -0.2) is 9.97 Å². The maximum Gasteiger partial charge on any atom is 0.522 e. The zero-order chi connectivity index (χ0) is 29.0. The molecule has 0 spiro atoms. The highest BCUT2D eigenvalue weighted by molar-refractivity contribution is 6.06. The van der Waals surface area contributed by atoms with Crippen molar-refractivity contribution in [1.82, 2.24) is 30.0 Å². The molecule has 2 amide bonds. The normalized spacial score (nSPS) is 22.7. The van der Waals surface area contributed by atoms with Crippen LogP contribution in [0.5, 0.6) is 0 Å². The lowest BCUT2D eigenvalue weighted by atomic mass is 10.0. The van der Waals surface area contributed by atoms with Gasteiger partial charge < -0.3 is 10.2 Å². The number of carbonyl (C=O) groups excluding carboxylic acids is 3. The Kier molecular flexibility index (Phi) is 6.89. The number of hydrogen-bond donors (Lipinski definition) is 1. The lowest BCUT2D eigenvalue weighted by Crippen LogP contribution is -2.51.